The van der Waals surface area contributed by atoms with E-state index < -0.39 is 18.0 Å². The predicted octanol–water partition coefficient (Wildman–Crippen LogP) is 0.260. The maximum absolute atomic E-state index is 10.6. The zero-order valence-corrected chi connectivity index (χ0v) is 8.39. The number of carboxylic acids is 1. The molecule has 1 unspecified atom stereocenters. The average molecular weight is 207 g/mol. The Bertz CT molecular complexity index is 185. The molecule has 0 heterocycles. The molecule has 5 nitrogen and oxygen atoms in total. The SMILES string of the molecule is CSCCC(NOC(C)=O)C(=O)O. The van der Waals surface area contributed by atoms with E-state index in [0.29, 0.717) is 12.2 Å². The van der Waals surface area contributed by atoms with Crippen molar-refractivity contribution in [3.8, 4) is 0 Å². The van der Waals surface area contributed by atoms with Crippen LogP contribution in [0.15, 0.2) is 0 Å². The summed E-state index contributed by atoms with van der Waals surface area (Å²) in [5.41, 5.74) is 2.19. The Kier molecular flexibility index (Phi) is 6.34. The van der Waals surface area contributed by atoms with Crippen LogP contribution in [0, 0.1) is 0 Å². The van der Waals surface area contributed by atoms with Gasteiger partial charge in [-0.1, -0.05) is 0 Å². The molecule has 0 aliphatic heterocycles. The van der Waals surface area contributed by atoms with Crippen LogP contribution in [0.5, 0.6) is 0 Å². The highest BCUT2D eigenvalue weighted by Gasteiger charge is 2.17. The van der Waals surface area contributed by atoms with Crippen LogP contribution in [-0.2, 0) is 14.4 Å². The van der Waals surface area contributed by atoms with Crippen molar-refractivity contribution in [2.24, 2.45) is 0 Å². The first-order valence-electron chi connectivity index (χ1n) is 3.72. The lowest BCUT2D eigenvalue weighted by Gasteiger charge is -2.11. The Morgan fingerprint density at radius 1 is 1.62 bits per heavy atom. The molecule has 0 aliphatic carbocycles. The normalized spacial score (nSPS) is 12.2. The molecule has 13 heavy (non-hydrogen) atoms. The smallest absolute Gasteiger partial charge is 0.324 e. The van der Waals surface area contributed by atoms with Crippen LogP contribution < -0.4 is 5.48 Å². The summed E-state index contributed by atoms with van der Waals surface area (Å²) in [4.78, 5) is 25.3. The van der Waals surface area contributed by atoms with Crippen LogP contribution in [0.1, 0.15) is 13.3 Å². The lowest BCUT2D eigenvalue weighted by Crippen LogP contribution is -2.38. The summed E-state index contributed by atoms with van der Waals surface area (Å²) in [7, 11) is 0. The molecule has 0 radical (unpaired) electrons. The number of nitrogens with one attached hydrogen (secondary N) is 1. The number of carboxylic acid groups (broad SMARTS) is 1. The molecule has 0 aromatic rings. The largest absolute Gasteiger partial charge is 0.480 e. The number of aliphatic carboxylic acids is 1. The summed E-state index contributed by atoms with van der Waals surface area (Å²) < 4.78 is 0. The van der Waals surface area contributed by atoms with E-state index in [-0.39, 0.29) is 0 Å². The Morgan fingerprint density at radius 3 is 2.62 bits per heavy atom. The van der Waals surface area contributed by atoms with Gasteiger partial charge in [0.05, 0.1) is 0 Å². The van der Waals surface area contributed by atoms with E-state index in [0.717, 1.165) is 0 Å². The third-order valence-electron chi connectivity index (χ3n) is 1.25. The van der Waals surface area contributed by atoms with Crippen LogP contribution in [0.25, 0.3) is 0 Å². The van der Waals surface area contributed by atoms with E-state index in [1.807, 2.05) is 6.26 Å². The van der Waals surface area contributed by atoms with E-state index in [9.17, 15) is 9.59 Å². The second kappa shape index (κ2) is 6.73. The second-order valence-electron chi connectivity index (χ2n) is 2.38. The Hall–Kier alpha value is -0.750. The first kappa shape index (κ1) is 12.2. The molecule has 2 N–H and O–H groups in total. The minimum absolute atomic E-state index is 0.420. The van der Waals surface area contributed by atoms with Gasteiger partial charge in [0.1, 0.15) is 6.04 Å². The van der Waals surface area contributed by atoms with Crippen molar-refractivity contribution in [2.45, 2.75) is 19.4 Å². The number of hydrogen-bond donors (Lipinski definition) is 2. The molecule has 1 atom stereocenters. The zero-order valence-electron chi connectivity index (χ0n) is 7.57. The Morgan fingerprint density at radius 2 is 2.23 bits per heavy atom. The van der Waals surface area contributed by atoms with Gasteiger partial charge >= 0.3 is 11.9 Å². The molecule has 0 saturated carbocycles. The number of thioether (sulfide) groups is 1. The second-order valence-corrected chi connectivity index (χ2v) is 3.37. The highest BCUT2D eigenvalue weighted by atomic mass is 32.2. The van der Waals surface area contributed by atoms with E-state index in [4.69, 9.17) is 5.11 Å². The van der Waals surface area contributed by atoms with Gasteiger partial charge in [0, 0.05) is 6.92 Å². The van der Waals surface area contributed by atoms with Crippen molar-refractivity contribution >= 4 is 23.7 Å². The van der Waals surface area contributed by atoms with Crippen molar-refractivity contribution in [1.82, 2.24) is 5.48 Å². The summed E-state index contributed by atoms with van der Waals surface area (Å²) in [6, 6.07) is -0.823. The van der Waals surface area contributed by atoms with Crippen molar-refractivity contribution in [3.05, 3.63) is 0 Å². The fourth-order valence-corrected chi connectivity index (χ4v) is 1.09. The highest BCUT2D eigenvalue weighted by Crippen LogP contribution is 2.00. The lowest BCUT2D eigenvalue weighted by molar-refractivity contribution is -0.155. The molecule has 6 heteroatoms. The van der Waals surface area contributed by atoms with Gasteiger partial charge < -0.3 is 9.94 Å². The van der Waals surface area contributed by atoms with Gasteiger partial charge in [-0.3, -0.25) is 9.59 Å². The molecule has 0 amide bonds. The maximum Gasteiger partial charge on any atom is 0.324 e. The Labute approximate surface area is 80.8 Å². The highest BCUT2D eigenvalue weighted by molar-refractivity contribution is 7.98. The van der Waals surface area contributed by atoms with Crippen LogP contribution in [0.2, 0.25) is 0 Å². The molecule has 0 aliphatic rings. The number of hydrogen-bond acceptors (Lipinski definition) is 5. The van der Waals surface area contributed by atoms with E-state index in [2.05, 4.69) is 10.3 Å². The minimum Gasteiger partial charge on any atom is -0.480 e. The van der Waals surface area contributed by atoms with Gasteiger partial charge in [-0.2, -0.15) is 11.8 Å². The molecule has 0 aromatic heterocycles. The summed E-state index contributed by atoms with van der Waals surface area (Å²) in [6.45, 7) is 1.21. The molecule has 0 bridgehead atoms. The van der Waals surface area contributed by atoms with Crippen molar-refractivity contribution < 1.29 is 19.5 Å². The fraction of sp³-hybridized carbons (Fsp3) is 0.714. The fourth-order valence-electron chi connectivity index (χ4n) is 0.623. The van der Waals surface area contributed by atoms with Crippen molar-refractivity contribution in [3.63, 3.8) is 0 Å². The van der Waals surface area contributed by atoms with Gasteiger partial charge in [0.25, 0.3) is 0 Å². The van der Waals surface area contributed by atoms with E-state index in [1.54, 1.807) is 0 Å². The summed E-state index contributed by atoms with van der Waals surface area (Å²) in [5, 5.41) is 8.65. The third-order valence-corrected chi connectivity index (χ3v) is 1.90. The van der Waals surface area contributed by atoms with Crippen molar-refractivity contribution in [2.75, 3.05) is 12.0 Å². The monoisotopic (exact) mass is 207 g/mol. The summed E-state index contributed by atoms with van der Waals surface area (Å²) in [6.07, 6.45) is 2.30. The van der Waals surface area contributed by atoms with Crippen LogP contribution in [0.3, 0.4) is 0 Å². The van der Waals surface area contributed by atoms with Gasteiger partial charge in [-0.25, -0.2) is 0 Å². The molecule has 76 valence electrons. The Balaban J connectivity index is 3.80. The first-order chi connectivity index (χ1) is 6.07. The topological polar surface area (TPSA) is 75.6 Å². The summed E-state index contributed by atoms with van der Waals surface area (Å²) in [5.74, 6) is -0.865. The van der Waals surface area contributed by atoms with Gasteiger partial charge in [-0.15, -0.1) is 5.48 Å². The quantitative estimate of drug-likeness (QED) is 0.608. The zero-order chi connectivity index (χ0) is 10.3. The lowest BCUT2D eigenvalue weighted by atomic mass is 10.2. The minimum atomic E-state index is -1.02. The average Bonchev–Trinajstić information content (AvgIpc) is 2.03. The van der Waals surface area contributed by atoms with Crippen molar-refractivity contribution in [1.29, 1.82) is 0 Å². The predicted molar refractivity (Wildman–Crippen MR) is 49.3 cm³/mol. The standard InChI is InChI=1S/C7H13NO4S/c1-5(9)12-8-6(7(10)11)3-4-13-2/h6,8H,3-4H2,1-2H3,(H,10,11). The molecule has 0 aromatic carbocycles. The number of carbonyl (C=O) groups is 2. The van der Waals surface area contributed by atoms with E-state index >= 15 is 0 Å². The van der Waals surface area contributed by atoms with Gasteiger partial charge in [0.15, 0.2) is 0 Å². The van der Waals surface area contributed by atoms with Crippen LogP contribution in [-0.4, -0.2) is 35.1 Å². The van der Waals surface area contributed by atoms with E-state index in [1.165, 1.54) is 18.7 Å². The first-order valence-corrected chi connectivity index (χ1v) is 5.12. The van der Waals surface area contributed by atoms with Crippen LogP contribution >= 0.6 is 11.8 Å². The molecule has 0 saturated heterocycles. The molecule has 0 fully saturated rings. The van der Waals surface area contributed by atoms with Gasteiger partial charge in [0.2, 0.25) is 0 Å². The van der Waals surface area contributed by atoms with Crippen LogP contribution in [0.4, 0.5) is 0 Å². The number of hydroxylamine groups is 1. The third kappa shape index (κ3) is 6.41. The number of carbonyl (C=O) groups excluding carboxylic acids is 1. The molecule has 0 rings (SSSR count). The molecule has 0 spiro atoms. The summed E-state index contributed by atoms with van der Waals surface area (Å²) >= 11 is 1.54. The van der Waals surface area contributed by atoms with Gasteiger partial charge in [-0.05, 0) is 18.4 Å². The molecular formula is C7H13NO4S. The maximum atomic E-state index is 10.6. The number of rotatable bonds is 6. The molecular weight excluding hydrogens is 194 g/mol.